The van der Waals surface area contributed by atoms with Gasteiger partial charge in [-0.25, -0.2) is 5.10 Å². The van der Waals surface area contributed by atoms with Crippen molar-refractivity contribution in [1.82, 2.24) is 25.6 Å². The van der Waals surface area contributed by atoms with Gasteiger partial charge in [0.25, 0.3) is 5.91 Å². The van der Waals surface area contributed by atoms with Crippen LogP contribution in [0, 0.1) is 0 Å². The Morgan fingerprint density at radius 1 is 1.32 bits per heavy atom. The lowest BCUT2D eigenvalue weighted by atomic mass is 10.1. The number of thiophene rings is 1. The summed E-state index contributed by atoms with van der Waals surface area (Å²) in [7, 11) is 0. The minimum Gasteiger partial charge on any atom is -0.376 e. The Hall–Kier alpha value is -3.04. The molecule has 0 spiro atoms. The van der Waals surface area contributed by atoms with Crippen molar-refractivity contribution in [3.8, 4) is 22.3 Å². The number of H-pyrrole nitrogens is 2. The maximum Gasteiger partial charge on any atom is 0.355 e. The van der Waals surface area contributed by atoms with Crippen LogP contribution >= 0.6 is 11.3 Å². The third-order valence-corrected chi connectivity index (χ3v) is 5.82. The van der Waals surface area contributed by atoms with Crippen LogP contribution in [0.15, 0.2) is 42.4 Å². The molecule has 1 atom stereocenters. The largest absolute Gasteiger partial charge is 0.376 e. The summed E-state index contributed by atoms with van der Waals surface area (Å²) in [6.45, 7) is 1.35. The smallest absolute Gasteiger partial charge is 0.355 e. The monoisotopic (exact) mass is 395 g/mol. The fraction of sp³-hybridized carbons (Fsp3) is 0.263. The first-order chi connectivity index (χ1) is 13.8. The van der Waals surface area contributed by atoms with Crippen LogP contribution in [0.2, 0.25) is 0 Å². The first-order valence-electron chi connectivity index (χ1n) is 9.14. The summed E-state index contributed by atoms with van der Waals surface area (Å²) in [4.78, 5) is 17.7. The normalized spacial score (nSPS) is 16.6. The predicted octanol–water partition coefficient (Wildman–Crippen LogP) is 2.18. The summed E-state index contributed by atoms with van der Waals surface area (Å²) >= 11 is 1.43. The van der Waals surface area contributed by atoms with Gasteiger partial charge < -0.3 is 10.1 Å². The molecular weight excluding hydrogens is 376 g/mol. The maximum atomic E-state index is 12.4. The van der Waals surface area contributed by atoms with Crippen LogP contribution in [0.3, 0.4) is 0 Å². The number of aromatic nitrogens is 5. The van der Waals surface area contributed by atoms with Gasteiger partial charge in [0.05, 0.1) is 34.5 Å². The molecule has 28 heavy (non-hydrogen) atoms. The van der Waals surface area contributed by atoms with Gasteiger partial charge in [-0.05, 0) is 29.3 Å². The molecule has 0 saturated carbocycles. The molecule has 8 nitrogen and oxygen atoms in total. The molecule has 5 heterocycles. The molecule has 1 aliphatic heterocycles. The standard InChI is InChI=1S/C19H18N6O2S/c26-19(21-8-15-2-1-3-27-15)17-4-12(11-28-17)16-9-24-25-10-14(5-20-18(16)25)13-6-22-23-7-13/h4-7,9-11,15H,1-3,8H2,(H2,21,22,23,26)/p+1. The van der Waals surface area contributed by atoms with Crippen molar-refractivity contribution >= 4 is 22.9 Å². The molecule has 1 unspecified atom stereocenters. The topological polar surface area (TPSA) is 99.8 Å². The molecule has 1 aliphatic rings. The van der Waals surface area contributed by atoms with Crippen molar-refractivity contribution in [2.24, 2.45) is 0 Å². The number of amides is 1. The van der Waals surface area contributed by atoms with Gasteiger partial charge in [0.15, 0.2) is 6.20 Å². The number of carbonyl (C=O) groups is 1. The highest BCUT2D eigenvalue weighted by Gasteiger charge is 2.20. The quantitative estimate of drug-likeness (QED) is 0.451. The summed E-state index contributed by atoms with van der Waals surface area (Å²) < 4.78 is 7.42. The second kappa shape index (κ2) is 7.17. The van der Waals surface area contributed by atoms with Crippen molar-refractivity contribution in [2.45, 2.75) is 18.9 Å². The molecule has 0 aliphatic carbocycles. The van der Waals surface area contributed by atoms with Crippen LogP contribution in [0.5, 0.6) is 0 Å². The van der Waals surface area contributed by atoms with E-state index in [0.29, 0.717) is 11.4 Å². The number of hydrogen-bond donors (Lipinski definition) is 3. The molecule has 1 fully saturated rings. The van der Waals surface area contributed by atoms with Crippen molar-refractivity contribution in [2.75, 3.05) is 13.2 Å². The highest BCUT2D eigenvalue weighted by molar-refractivity contribution is 7.12. The van der Waals surface area contributed by atoms with Crippen LogP contribution in [-0.4, -0.2) is 45.4 Å². The Morgan fingerprint density at radius 3 is 3.11 bits per heavy atom. The predicted molar refractivity (Wildman–Crippen MR) is 104 cm³/mol. The molecule has 0 aromatic carbocycles. The van der Waals surface area contributed by atoms with E-state index in [1.54, 1.807) is 6.20 Å². The van der Waals surface area contributed by atoms with Crippen LogP contribution in [-0.2, 0) is 4.74 Å². The number of aromatic amines is 2. The number of carbonyl (C=O) groups excluding carboxylic acids is 1. The molecule has 3 N–H and O–H groups in total. The third kappa shape index (κ3) is 3.19. The Morgan fingerprint density at radius 2 is 2.29 bits per heavy atom. The van der Waals surface area contributed by atoms with E-state index >= 15 is 0 Å². The van der Waals surface area contributed by atoms with Gasteiger partial charge in [0.2, 0.25) is 0 Å². The second-order valence-electron chi connectivity index (χ2n) is 6.76. The highest BCUT2D eigenvalue weighted by atomic mass is 32.1. The molecular formula is C19H19N6O2S+. The van der Waals surface area contributed by atoms with Crippen LogP contribution in [0.4, 0.5) is 0 Å². The molecule has 9 heteroatoms. The van der Waals surface area contributed by atoms with E-state index in [4.69, 9.17) is 4.74 Å². The van der Waals surface area contributed by atoms with Crippen molar-refractivity contribution in [1.29, 1.82) is 0 Å². The highest BCUT2D eigenvalue weighted by Crippen LogP contribution is 2.27. The van der Waals surface area contributed by atoms with Crippen molar-refractivity contribution in [3.63, 3.8) is 0 Å². The van der Waals surface area contributed by atoms with Crippen molar-refractivity contribution in [3.05, 3.63) is 47.3 Å². The van der Waals surface area contributed by atoms with Crippen LogP contribution in [0.1, 0.15) is 22.5 Å². The molecule has 4 aromatic rings. The van der Waals surface area contributed by atoms with Crippen LogP contribution in [0.25, 0.3) is 27.9 Å². The Bertz CT molecular complexity index is 1110. The summed E-state index contributed by atoms with van der Waals surface area (Å²) in [5.74, 6) is -0.0607. The molecule has 5 rings (SSSR count). The van der Waals surface area contributed by atoms with Gasteiger partial charge in [-0.15, -0.1) is 15.9 Å². The molecule has 142 valence electrons. The van der Waals surface area contributed by atoms with Gasteiger partial charge in [-0.2, -0.15) is 5.10 Å². The number of nitrogens with zero attached hydrogens (tertiary/aromatic N) is 3. The first-order valence-corrected chi connectivity index (χ1v) is 10.0. The van der Waals surface area contributed by atoms with Crippen LogP contribution < -0.4 is 9.83 Å². The lowest BCUT2D eigenvalue weighted by molar-refractivity contribution is -0.578. The fourth-order valence-electron chi connectivity index (χ4n) is 3.39. The SMILES string of the molecule is O=C(NCC1CCCO1)c1cc(-c2c[nH][n+]3cc(-c4cn[nH]c4)cnc23)cs1. The Kier molecular flexibility index (Phi) is 4.38. The van der Waals surface area contributed by atoms with Gasteiger partial charge >= 0.3 is 5.65 Å². The Balaban J connectivity index is 1.36. The van der Waals surface area contributed by atoms with Gasteiger partial charge in [-0.1, -0.05) is 0 Å². The average Bonchev–Trinajstić information content (AvgIpc) is 3.51. The number of hydrogen-bond acceptors (Lipinski definition) is 5. The molecule has 0 radical (unpaired) electrons. The minimum absolute atomic E-state index is 0.0607. The Labute approximate surface area is 164 Å². The number of rotatable bonds is 5. The van der Waals surface area contributed by atoms with Crippen molar-refractivity contribution < 1.29 is 14.0 Å². The van der Waals surface area contributed by atoms with E-state index in [2.05, 4.69) is 25.6 Å². The van der Waals surface area contributed by atoms with Gasteiger partial charge in [0, 0.05) is 30.5 Å². The van der Waals surface area contributed by atoms with E-state index in [-0.39, 0.29) is 12.0 Å². The average molecular weight is 395 g/mol. The summed E-state index contributed by atoms with van der Waals surface area (Å²) in [6.07, 6.45) is 11.5. The van der Waals surface area contributed by atoms with E-state index < -0.39 is 0 Å². The zero-order valence-electron chi connectivity index (χ0n) is 15.0. The van der Waals surface area contributed by atoms with Gasteiger partial charge in [0.1, 0.15) is 6.20 Å². The minimum atomic E-state index is -0.0607. The zero-order chi connectivity index (χ0) is 18.9. The summed E-state index contributed by atoms with van der Waals surface area (Å²) in [5, 5.41) is 14.9. The fourth-order valence-corrected chi connectivity index (χ4v) is 4.21. The van der Waals surface area contributed by atoms with Gasteiger partial charge in [-0.3, -0.25) is 9.89 Å². The number of ether oxygens (including phenoxy) is 1. The number of fused-ring (bicyclic) bond motifs is 1. The van der Waals surface area contributed by atoms with E-state index in [9.17, 15) is 4.79 Å². The number of nitrogens with one attached hydrogen (secondary N) is 3. The molecule has 1 amide bonds. The lowest BCUT2D eigenvalue weighted by Gasteiger charge is -2.09. The molecule has 4 aromatic heterocycles. The van der Waals surface area contributed by atoms with E-state index in [0.717, 1.165) is 47.3 Å². The zero-order valence-corrected chi connectivity index (χ0v) is 15.8. The summed E-state index contributed by atoms with van der Waals surface area (Å²) in [6, 6.07) is 1.91. The third-order valence-electron chi connectivity index (χ3n) is 4.89. The second-order valence-corrected chi connectivity index (χ2v) is 7.67. The lowest BCUT2D eigenvalue weighted by Crippen LogP contribution is -2.31. The maximum absolute atomic E-state index is 12.4. The first kappa shape index (κ1) is 17.1. The molecule has 0 bridgehead atoms. The molecule has 1 saturated heterocycles. The van der Waals surface area contributed by atoms with E-state index in [1.807, 2.05) is 40.7 Å². The van der Waals surface area contributed by atoms with E-state index in [1.165, 1.54) is 11.3 Å². The summed E-state index contributed by atoms with van der Waals surface area (Å²) in [5.41, 5.74) is 4.65.